The average Bonchev–Trinajstić information content (AvgIpc) is 3.20. The first-order chi connectivity index (χ1) is 9.34. The summed E-state index contributed by atoms with van der Waals surface area (Å²) in [4.78, 5) is 21.4. The van der Waals surface area contributed by atoms with E-state index in [4.69, 9.17) is 10.5 Å². The molecular weight excluding hydrogens is 264 g/mol. The number of carbonyl (C=O) groups is 1. The average molecular weight is 280 g/mol. The summed E-state index contributed by atoms with van der Waals surface area (Å²) in [5, 5.41) is 19.8. The molecule has 0 spiro atoms. The Bertz CT molecular complexity index is 556. The molecule has 0 radical (unpaired) electrons. The molecule has 7 nitrogen and oxygen atoms in total. The van der Waals surface area contributed by atoms with Crippen molar-refractivity contribution in [2.75, 3.05) is 6.61 Å². The monoisotopic (exact) mass is 280 g/mol. The van der Waals surface area contributed by atoms with Crippen molar-refractivity contribution in [1.82, 2.24) is 0 Å². The van der Waals surface area contributed by atoms with Crippen LogP contribution in [0.4, 0.5) is 5.69 Å². The van der Waals surface area contributed by atoms with Crippen LogP contribution in [0.5, 0.6) is 5.75 Å². The molecule has 1 fully saturated rings. The molecule has 0 saturated heterocycles. The summed E-state index contributed by atoms with van der Waals surface area (Å²) in [5.74, 6) is -0.745. The Labute approximate surface area is 115 Å². The number of carboxylic acid groups (broad SMARTS) is 1. The third kappa shape index (κ3) is 2.72. The first-order valence-electron chi connectivity index (χ1n) is 6.24. The molecule has 1 aromatic rings. The Hall–Kier alpha value is -2.15. The number of hydrogen-bond acceptors (Lipinski definition) is 5. The number of nitrogens with two attached hydrogens (primary N) is 1. The standard InChI is InChI=1S/C13H16N2O5/c1-8-6-10(15(18)19)4-5-11(8)20-7-13(14,12(16)17)9-2-3-9/h4-6,9H,2-3,7,14H2,1H3,(H,16,17). The fourth-order valence-electron chi connectivity index (χ4n) is 2.06. The van der Waals surface area contributed by atoms with Gasteiger partial charge in [0.1, 0.15) is 12.4 Å². The van der Waals surface area contributed by atoms with Gasteiger partial charge in [0.2, 0.25) is 0 Å². The fraction of sp³-hybridized carbons (Fsp3) is 0.462. The number of aliphatic carboxylic acids is 1. The van der Waals surface area contributed by atoms with E-state index in [0.29, 0.717) is 11.3 Å². The van der Waals surface area contributed by atoms with E-state index in [2.05, 4.69) is 0 Å². The number of nitro groups is 1. The maximum Gasteiger partial charge on any atom is 0.327 e. The summed E-state index contributed by atoms with van der Waals surface area (Å²) in [7, 11) is 0. The van der Waals surface area contributed by atoms with Gasteiger partial charge in [-0.1, -0.05) is 0 Å². The number of aryl methyl sites for hydroxylation is 1. The van der Waals surface area contributed by atoms with Crippen LogP contribution in [0.25, 0.3) is 0 Å². The van der Waals surface area contributed by atoms with Crippen LogP contribution < -0.4 is 10.5 Å². The molecule has 0 aromatic heterocycles. The molecule has 1 aliphatic carbocycles. The second-order valence-corrected chi connectivity index (χ2v) is 5.12. The van der Waals surface area contributed by atoms with Crippen molar-refractivity contribution in [2.45, 2.75) is 25.3 Å². The van der Waals surface area contributed by atoms with Gasteiger partial charge in [0, 0.05) is 12.1 Å². The van der Waals surface area contributed by atoms with Crippen LogP contribution in [0, 0.1) is 23.0 Å². The van der Waals surface area contributed by atoms with Crippen molar-refractivity contribution in [1.29, 1.82) is 0 Å². The second kappa shape index (κ2) is 5.09. The molecule has 1 atom stereocenters. The minimum atomic E-state index is -1.39. The lowest BCUT2D eigenvalue weighted by atomic mass is 9.96. The van der Waals surface area contributed by atoms with E-state index in [-0.39, 0.29) is 18.2 Å². The molecular formula is C13H16N2O5. The van der Waals surface area contributed by atoms with Crippen molar-refractivity contribution in [2.24, 2.45) is 11.7 Å². The van der Waals surface area contributed by atoms with Crippen LogP contribution in [0.1, 0.15) is 18.4 Å². The van der Waals surface area contributed by atoms with Gasteiger partial charge in [-0.05, 0) is 37.3 Å². The minimum absolute atomic E-state index is 0.0331. The predicted molar refractivity (Wildman–Crippen MR) is 70.6 cm³/mol. The number of nitrogens with zero attached hydrogens (tertiary/aromatic N) is 1. The number of ether oxygens (including phenoxy) is 1. The summed E-state index contributed by atoms with van der Waals surface area (Å²) in [6.07, 6.45) is 1.57. The summed E-state index contributed by atoms with van der Waals surface area (Å²) in [6, 6.07) is 4.16. The van der Waals surface area contributed by atoms with Gasteiger partial charge in [-0.25, -0.2) is 0 Å². The molecule has 2 rings (SSSR count). The van der Waals surface area contributed by atoms with Crippen LogP contribution >= 0.6 is 0 Å². The summed E-state index contributed by atoms with van der Waals surface area (Å²) < 4.78 is 5.47. The number of nitro benzene ring substituents is 1. The van der Waals surface area contributed by atoms with E-state index in [9.17, 15) is 20.0 Å². The number of carboxylic acids is 1. The third-order valence-corrected chi connectivity index (χ3v) is 3.54. The van der Waals surface area contributed by atoms with Crippen LogP contribution in [-0.4, -0.2) is 28.1 Å². The molecule has 0 aliphatic heterocycles. The molecule has 7 heteroatoms. The zero-order valence-corrected chi connectivity index (χ0v) is 11.0. The molecule has 1 saturated carbocycles. The number of benzene rings is 1. The molecule has 3 N–H and O–H groups in total. The van der Waals surface area contributed by atoms with Crippen LogP contribution in [-0.2, 0) is 4.79 Å². The highest BCUT2D eigenvalue weighted by molar-refractivity contribution is 5.79. The maximum absolute atomic E-state index is 11.3. The molecule has 0 heterocycles. The van der Waals surface area contributed by atoms with Crippen molar-refractivity contribution in [3.63, 3.8) is 0 Å². The van der Waals surface area contributed by atoms with E-state index >= 15 is 0 Å². The van der Waals surface area contributed by atoms with Gasteiger partial charge in [0.15, 0.2) is 5.54 Å². The van der Waals surface area contributed by atoms with Crippen molar-refractivity contribution in [3.8, 4) is 5.75 Å². The molecule has 1 aromatic carbocycles. The highest BCUT2D eigenvalue weighted by atomic mass is 16.6. The number of rotatable bonds is 6. The van der Waals surface area contributed by atoms with Crippen molar-refractivity contribution in [3.05, 3.63) is 33.9 Å². The van der Waals surface area contributed by atoms with Gasteiger partial charge >= 0.3 is 5.97 Å². The smallest absolute Gasteiger partial charge is 0.327 e. The van der Waals surface area contributed by atoms with E-state index < -0.39 is 16.4 Å². The molecule has 0 amide bonds. The van der Waals surface area contributed by atoms with Crippen LogP contribution in [0.3, 0.4) is 0 Å². The third-order valence-electron chi connectivity index (χ3n) is 3.54. The normalized spacial score (nSPS) is 17.3. The van der Waals surface area contributed by atoms with E-state index in [0.717, 1.165) is 12.8 Å². The Morgan fingerprint density at radius 1 is 1.60 bits per heavy atom. The largest absolute Gasteiger partial charge is 0.491 e. The van der Waals surface area contributed by atoms with Crippen LogP contribution in [0.15, 0.2) is 18.2 Å². The van der Waals surface area contributed by atoms with Crippen LogP contribution in [0.2, 0.25) is 0 Å². The quantitative estimate of drug-likeness (QED) is 0.602. The van der Waals surface area contributed by atoms with Gasteiger partial charge in [-0.2, -0.15) is 0 Å². The van der Waals surface area contributed by atoms with Gasteiger partial charge < -0.3 is 15.6 Å². The van der Waals surface area contributed by atoms with Gasteiger partial charge in [-0.3, -0.25) is 14.9 Å². The topological polar surface area (TPSA) is 116 Å². The van der Waals surface area contributed by atoms with Gasteiger partial charge in [-0.15, -0.1) is 0 Å². The minimum Gasteiger partial charge on any atom is -0.491 e. The highest BCUT2D eigenvalue weighted by Gasteiger charge is 2.49. The van der Waals surface area contributed by atoms with Gasteiger partial charge in [0.05, 0.1) is 4.92 Å². The summed E-state index contributed by atoms with van der Waals surface area (Å²) in [6.45, 7) is 1.52. The summed E-state index contributed by atoms with van der Waals surface area (Å²) in [5.41, 5.74) is 5.03. The highest BCUT2D eigenvalue weighted by Crippen LogP contribution is 2.39. The van der Waals surface area contributed by atoms with E-state index in [1.807, 2.05) is 0 Å². The molecule has 1 aliphatic rings. The number of hydrogen-bond donors (Lipinski definition) is 2. The lowest BCUT2D eigenvalue weighted by Gasteiger charge is -2.24. The molecule has 0 bridgehead atoms. The SMILES string of the molecule is Cc1cc([N+](=O)[O-])ccc1OCC(N)(C(=O)O)C1CC1. The Morgan fingerprint density at radius 2 is 2.25 bits per heavy atom. The lowest BCUT2D eigenvalue weighted by molar-refractivity contribution is -0.384. The zero-order valence-electron chi connectivity index (χ0n) is 11.0. The molecule has 108 valence electrons. The van der Waals surface area contributed by atoms with Gasteiger partial charge in [0.25, 0.3) is 5.69 Å². The second-order valence-electron chi connectivity index (χ2n) is 5.12. The Balaban J connectivity index is 2.10. The maximum atomic E-state index is 11.3. The number of non-ortho nitro benzene ring substituents is 1. The van der Waals surface area contributed by atoms with E-state index in [1.54, 1.807) is 6.92 Å². The van der Waals surface area contributed by atoms with Crippen molar-refractivity contribution >= 4 is 11.7 Å². The van der Waals surface area contributed by atoms with E-state index in [1.165, 1.54) is 18.2 Å². The van der Waals surface area contributed by atoms with Crippen molar-refractivity contribution < 1.29 is 19.6 Å². The fourth-order valence-corrected chi connectivity index (χ4v) is 2.06. The first kappa shape index (κ1) is 14.3. The molecule has 20 heavy (non-hydrogen) atoms. The molecule has 1 unspecified atom stereocenters. The Kier molecular flexibility index (Phi) is 3.63. The Morgan fingerprint density at radius 3 is 2.70 bits per heavy atom. The lowest BCUT2D eigenvalue weighted by Crippen LogP contribution is -2.54. The zero-order chi connectivity index (χ0) is 14.9. The first-order valence-corrected chi connectivity index (χ1v) is 6.24. The summed E-state index contributed by atoms with van der Waals surface area (Å²) >= 11 is 0. The predicted octanol–water partition coefficient (Wildman–Crippen LogP) is 1.47.